The molecule has 0 saturated heterocycles. The van der Waals surface area contributed by atoms with Crippen LogP contribution in [-0.4, -0.2) is 121 Å². The van der Waals surface area contributed by atoms with Crippen LogP contribution in [0.4, 0.5) is 35.1 Å². The van der Waals surface area contributed by atoms with Crippen molar-refractivity contribution in [3.05, 3.63) is 144 Å². The van der Waals surface area contributed by atoms with Gasteiger partial charge in [0.05, 0.1) is 14.2 Å². The van der Waals surface area contributed by atoms with E-state index in [9.17, 15) is 61.5 Å². The largest absolute Gasteiger partial charge is 0.534 e. The van der Waals surface area contributed by atoms with E-state index in [1.165, 1.54) is 87.9 Å². The van der Waals surface area contributed by atoms with Gasteiger partial charge in [0, 0.05) is 68.1 Å². The van der Waals surface area contributed by atoms with E-state index in [0.717, 1.165) is 67.3 Å². The number of carbonyl (C=O) groups excluding carboxylic acids is 2. The van der Waals surface area contributed by atoms with E-state index in [2.05, 4.69) is 38.3 Å². The number of nitrogens with two attached hydrogens (primary N) is 2. The monoisotopic (exact) mass is 1140 g/mol. The number of nitrogens with zero attached hydrogens (tertiary/aromatic N) is 8. The molecule has 2 amide bonds. The van der Waals surface area contributed by atoms with Gasteiger partial charge in [0.2, 0.25) is 0 Å². The zero-order chi connectivity index (χ0) is 57.9. The van der Waals surface area contributed by atoms with Crippen molar-refractivity contribution in [2.75, 3.05) is 28.3 Å². The Balaban J connectivity index is 0.000000236. The molecule has 22 nitrogen and oxygen atoms in total. The summed E-state index contributed by atoms with van der Waals surface area (Å²) in [4.78, 5) is 62.0. The Morgan fingerprint density at radius 3 is 1.13 bits per heavy atom. The van der Waals surface area contributed by atoms with Crippen molar-refractivity contribution in [2.45, 2.75) is 29.0 Å². The van der Waals surface area contributed by atoms with Crippen molar-refractivity contribution in [1.82, 2.24) is 29.7 Å². The van der Waals surface area contributed by atoms with Gasteiger partial charge in [-0.15, -0.1) is 0 Å². The number of ether oxygens (including phenoxy) is 2. The van der Waals surface area contributed by atoms with E-state index in [-0.39, 0.29) is 67.9 Å². The normalized spacial score (nSPS) is 17.4. The second kappa shape index (κ2) is 21.9. The van der Waals surface area contributed by atoms with Gasteiger partial charge in [-0.2, -0.15) is 43.2 Å². The minimum atomic E-state index is -6.09. The smallest absolute Gasteiger partial charge is 0.493 e. The maximum absolute atomic E-state index is 14.8. The first-order chi connectivity index (χ1) is 36.4. The van der Waals surface area contributed by atoms with Crippen LogP contribution in [0.3, 0.4) is 0 Å². The first-order valence-electron chi connectivity index (χ1n) is 21.3. The minimum absolute atomic E-state index is 0.00164. The van der Waals surface area contributed by atoms with E-state index < -0.39 is 83.2 Å². The number of halogens is 8. The molecule has 0 fully saturated rings. The summed E-state index contributed by atoms with van der Waals surface area (Å²) in [7, 11) is -7.40. The van der Waals surface area contributed by atoms with E-state index in [1.807, 2.05) is 0 Å². The summed E-state index contributed by atoms with van der Waals surface area (Å²) in [5.74, 6) is -6.65. The average molecular weight is 1140 g/mol. The molecule has 0 saturated carbocycles. The van der Waals surface area contributed by atoms with Crippen molar-refractivity contribution in [3.63, 3.8) is 0 Å². The van der Waals surface area contributed by atoms with Gasteiger partial charge in [-0.1, -0.05) is 24.3 Å². The molecular weight excluding hydrogens is 1100 g/mol. The molecule has 4 heterocycles. The van der Waals surface area contributed by atoms with Crippen LogP contribution < -0.4 is 29.3 Å². The zero-order valence-corrected chi connectivity index (χ0v) is 42.0. The number of carboxylic acids is 1. The topological polar surface area (TPSA) is 311 Å². The molecule has 4 aromatic carbocycles. The van der Waals surface area contributed by atoms with Crippen LogP contribution in [0.2, 0.25) is 0 Å². The fourth-order valence-electron chi connectivity index (χ4n) is 7.45. The highest BCUT2D eigenvalue weighted by atomic mass is 32.2. The van der Waals surface area contributed by atoms with Crippen molar-refractivity contribution >= 4 is 49.9 Å². The number of methoxy groups -OCH3 is 2. The Bertz CT molecular complexity index is 3370. The number of amides is 2. The predicted octanol–water partition coefficient (Wildman–Crippen LogP) is 5.19. The molecule has 2 aromatic heterocycles. The fraction of sp³-hybridized carbons (Fsp3) is 0.196. The molecular formula is C46H38F8N10O12S2. The molecule has 0 aliphatic carbocycles. The number of aliphatic carboxylic acids is 1. The highest BCUT2D eigenvalue weighted by molar-refractivity contribution is 7.88. The van der Waals surface area contributed by atoms with Crippen LogP contribution in [0, 0.1) is 11.6 Å². The maximum Gasteiger partial charge on any atom is 0.534 e. The maximum atomic E-state index is 14.8. The lowest BCUT2D eigenvalue weighted by Gasteiger charge is -2.27. The molecule has 2 aliphatic heterocycles. The first-order valence-corrected chi connectivity index (χ1v) is 24.1. The van der Waals surface area contributed by atoms with Gasteiger partial charge in [0.1, 0.15) is 24.3 Å². The van der Waals surface area contributed by atoms with Crippen LogP contribution in [-0.2, 0) is 45.7 Å². The van der Waals surface area contributed by atoms with E-state index >= 15 is 0 Å². The lowest BCUT2D eigenvalue weighted by Crippen LogP contribution is -2.41. The van der Waals surface area contributed by atoms with Gasteiger partial charge in [0.15, 0.2) is 46.0 Å². The summed E-state index contributed by atoms with van der Waals surface area (Å²) in [6.07, 6.45) is 7.82. The second-order valence-electron chi connectivity index (χ2n) is 15.9. The molecule has 0 radical (unpaired) electrons. The van der Waals surface area contributed by atoms with Gasteiger partial charge in [-0.25, -0.2) is 38.7 Å². The molecule has 412 valence electrons. The molecule has 2 unspecified atom stereocenters. The molecule has 2 aliphatic rings. The number of guanidine groups is 2. The van der Waals surface area contributed by atoms with Crippen molar-refractivity contribution in [2.24, 2.45) is 21.5 Å². The van der Waals surface area contributed by atoms with Crippen molar-refractivity contribution in [3.8, 4) is 45.3 Å². The van der Waals surface area contributed by atoms with Crippen LogP contribution in [0.25, 0.3) is 22.3 Å². The van der Waals surface area contributed by atoms with E-state index in [4.69, 9.17) is 30.8 Å². The van der Waals surface area contributed by atoms with Crippen LogP contribution >= 0.6 is 0 Å². The Morgan fingerprint density at radius 2 is 0.859 bits per heavy atom. The number of alkyl halides is 6. The molecule has 8 rings (SSSR count). The number of likely N-dealkylation sites (N-methyl/N-ethyl adjacent to an activating group) is 2. The predicted molar refractivity (Wildman–Crippen MR) is 256 cm³/mol. The minimum Gasteiger partial charge on any atom is -0.493 e. The van der Waals surface area contributed by atoms with Gasteiger partial charge < -0.3 is 34.4 Å². The van der Waals surface area contributed by atoms with Crippen LogP contribution in [0.1, 0.15) is 29.2 Å². The summed E-state index contributed by atoms with van der Waals surface area (Å²) in [6.45, 7) is 1.08. The number of benzene rings is 4. The number of carboxylic acid groups (broad SMARTS) is 1. The van der Waals surface area contributed by atoms with Crippen LogP contribution in [0.15, 0.2) is 120 Å². The van der Waals surface area contributed by atoms with Crippen molar-refractivity contribution < 1.29 is 89.3 Å². The molecule has 32 heteroatoms. The number of aromatic nitrogens is 4. The SMILES string of the molecule is CC(=O)O.COc1ccc(C2(c3ccc(F)c(-c4cncnc4)c3)N=C(N)N(C)C2=O)cc1OS(=O)(=O)C(F)(F)F.COc1ccc(C2(c3ccc(F)c(-c4cncnc4)c3)N=C(N)N(C)C2=O)cc1OS(=O)(=O)C(F)(F)F. The fourth-order valence-corrected chi connectivity index (χ4v) is 8.37. The van der Waals surface area contributed by atoms with Gasteiger partial charge >= 0.3 is 31.3 Å². The van der Waals surface area contributed by atoms with Gasteiger partial charge in [-0.3, -0.25) is 24.2 Å². The molecule has 6 aromatic rings. The second-order valence-corrected chi connectivity index (χ2v) is 19.0. The molecule has 5 N–H and O–H groups in total. The summed E-state index contributed by atoms with van der Waals surface area (Å²) >= 11 is 0. The highest BCUT2D eigenvalue weighted by Crippen LogP contribution is 2.46. The third-order valence-electron chi connectivity index (χ3n) is 11.1. The van der Waals surface area contributed by atoms with Gasteiger partial charge in [0.25, 0.3) is 17.8 Å². The number of aliphatic imine (C=N–C) groups is 2. The first kappa shape index (κ1) is 58.2. The van der Waals surface area contributed by atoms with Gasteiger partial charge in [-0.05, 0) is 70.8 Å². The summed E-state index contributed by atoms with van der Waals surface area (Å²) in [6, 6.07) is 13.7. The average Bonchev–Trinajstić information content (AvgIpc) is 4.00. The lowest BCUT2D eigenvalue weighted by atomic mass is 9.81. The van der Waals surface area contributed by atoms with E-state index in [0.29, 0.717) is 0 Å². The zero-order valence-electron chi connectivity index (χ0n) is 40.4. The Labute approximate surface area is 435 Å². The summed E-state index contributed by atoms with van der Waals surface area (Å²) in [5, 5.41) is 7.42. The molecule has 0 spiro atoms. The lowest BCUT2D eigenvalue weighted by molar-refractivity contribution is -0.134. The van der Waals surface area contributed by atoms with Crippen LogP contribution in [0.5, 0.6) is 23.0 Å². The van der Waals surface area contributed by atoms with E-state index in [1.54, 1.807) is 0 Å². The summed E-state index contributed by atoms with van der Waals surface area (Å²) < 4.78 is 173. The number of hydrogen-bond donors (Lipinski definition) is 3. The number of hydrogen-bond acceptors (Lipinski definition) is 19. The molecule has 2 atom stereocenters. The third-order valence-corrected chi connectivity index (χ3v) is 13.1. The molecule has 78 heavy (non-hydrogen) atoms. The summed E-state index contributed by atoms with van der Waals surface area (Å²) in [5.41, 5.74) is -3.31. The highest BCUT2D eigenvalue weighted by Gasteiger charge is 2.54. The Kier molecular flexibility index (Phi) is 16.3. The third kappa shape index (κ3) is 11.2. The Morgan fingerprint density at radius 1 is 0.564 bits per heavy atom. The van der Waals surface area contributed by atoms with Crippen molar-refractivity contribution in [1.29, 1.82) is 0 Å². The molecule has 0 bridgehead atoms. The number of rotatable bonds is 12. The number of carbonyl (C=O) groups is 3. The Hall–Kier alpha value is -9.07. The quantitative estimate of drug-likeness (QED) is 0.0806. The standard InChI is InChI=1S/2C22H17F4N5O5S.C2H4O2/c2*1-31-19(32)21(30-20(31)27,13-3-5-16(23)15(7-13)12-9-28-11-29-10-12)14-4-6-17(35-2)18(8-14)36-37(33,34)22(24,25)26;1-2(3)4/h2*3-11H,1-2H3,(H2,27,30);1H3,(H,3,4).